The van der Waals surface area contributed by atoms with Gasteiger partial charge in [-0.15, -0.1) is 0 Å². The van der Waals surface area contributed by atoms with Crippen molar-refractivity contribution in [2.45, 2.75) is 19.9 Å². The van der Waals surface area contributed by atoms with Gasteiger partial charge in [0.1, 0.15) is 17.2 Å². The molecule has 3 heterocycles. The molecule has 0 radical (unpaired) electrons. The number of nitrogens with one attached hydrogen (secondary N) is 1. The molecule has 0 aliphatic rings. The van der Waals surface area contributed by atoms with Crippen LogP contribution in [0.15, 0.2) is 57.8 Å². The molecule has 1 N–H and O–H groups in total. The van der Waals surface area contributed by atoms with E-state index in [2.05, 4.69) is 20.4 Å². The van der Waals surface area contributed by atoms with Gasteiger partial charge in [0, 0.05) is 17.8 Å². The molecule has 0 aliphatic carbocycles. The van der Waals surface area contributed by atoms with Crippen LogP contribution in [0.3, 0.4) is 0 Å². The molecule has 8 heteroatoms. The second-order valence-electron chi connectivity index (χ2n) is 6.74. The van der Waals surface area contributed by atoms with Crippen LogP contribution in [0.2, 0.25) is 0 Å². The zero-order valence-corrected chi connectivity index (χ0v) is 17.2. The second kappa shape index (κ2) is 8.28. The summed E-state index contributed by atoms with van der Waals surface area (Å²) in [4.78, 5) is 9.16. The number of furan rings is 1. The monoisotopic (exact) mass is 406 g/mol. The topological polar surface area (TPSA) is 95.4 Å². The molecule has 154 valence electrons. The van der Waals surface area contributed by atoms with Crippen LogP contribution in [0, 0.1) is 6.92 Å². The zero-order valence-electron chi connectivity index (χ0n) is 17.2. The van der Waals surface area contributed by atoms with Crippen LogP contribution >= 0.6 is 0 Å². The van der Waals surface area contributed by atoms with E-state index in [0.717, 1.165) is 22.8 Å². The number of hydrogen-bond acceptors (Lipinski definition) is 8. The maximum atomic E-state index is 5.58. The molecule has 0 bridgehead atoms. The fourth-order valence-electron chi connectivity index (χ4n) is 3.17. The Morgan fingerprint density at radius 3 is 2.60 bits per heavy atom. The summed E-state index contributed by atoms with van der Waals surface area (Å²) in [6.45, 7) is 3.86. The van der Waals surface area contributed by atoms with Gasteiger partial charge in [-0.3, -0.25) is 0 Å². The Hall–Kier alpha value is -3.81. The highest BCUT2D eigenvalue weighted by molar-refractivity contribution is 5.75. The maximum absolute atomic E-state index is 5.58. The molecule has 4 aromatic rings. The minimum absolute atomic E-state index is 0.141. The fourth-order valence-corrected chi connectivity index (χ4v) is 3.17. The van der Waals surface area contributed by atoms with Crippen molar-refractivity contribution in [2.24, 2.45) is 0 Å². The van der Waals surface area contributed by atoms with E-state index in [9.17, 15) is 0 Å². The number of rotatable bonds is 7. The van der Waals surface area contributed by atoms with Crippen molar-refractivity contribution in [3.05, 3.63) is 60.1 Å². The van der Waals surface area contributed by atoms with Crippen LogP contribution in [-0.2, 0) is 0 Å². The lowest BCUT2D eigenvalue weighted by atomic mass is 10.1. The Balaban J connectivity index is 1.70. The summed E-state index contributed by atoms with van der Waals surface area (Å²) in [6.07, 6.45) is 3.30. The standard InChI is InChI=1S/C22H22N4O4/c1-13-10-20(30-26-13)17-12-23-22(25-21(17)19-6-5-9-29-19)24-14(2)16-11-15(27-3)7-8-18(16)28-4/h5-12,14H,1-4H3,(H,23,24,25)/t14-/m0/s1. The van der Waals surface area contributed by atoms with Crippen molar-refractivity contribution in [3.8, 4) is 34.3 Å². The molecular formula is C22H22N4O4. The molecule has 8 nitrogen and oxygen atoms in total. The lowest BCUT2D eigenvalue weighted by molar-refractivity contribution is 0.397. The summed E-state index contributed by atoms with van der Waals surface area (Å²) in [5.74, 6) is 3.12. The van der Waals surface area contributed by atoms with Crippen molar-refractivity contribution < 1.29 is 18.4 Å². The van der Waals surface area contributed by atoms with Crippen LogP contribution in [-0.4, -0.2) is 29.3 Å². The molecule has 30 heavy (non-hydrogen) atoms. The van der Waals surface area contributed by atoms with Crippen molar-refractivity contribution in [1.29, 1.82) is 0 Å². The van der Waals surface area contributed by atoms with E-state index in [4.69, 9.17) is 18.4 Å². The fraction of sp³-hybridized carbons (Fsp3) is 0.227. The molecule has 0 spiro atoms. The predicted octanol–water partition coefficient (Wildman–Crippen LogP) is 4.89. The van der Waals surface area contributed by atoms with E-state index in [-0.39, 0.29) is 6.04 Å². The minimum atomic E-state index is -0.141. The summed E-state index contributed by atoms with van der Waals surface area (Å²) in [7, 11) is 3.27. The Labute approximate surface area is 173 Å². The van der Waals surface area contributed by atoms with Gasteiger partial charge >= 0.3 is 0 Å². The van der Waals surface area contributed by atoms with Crippen LogP contribution in [0.5, 0.6) is 11.5 Å². The van der Waals surface area contributed by atoms with Gasteiger partial charge < -0.3 is 23.7 Å². The van der Waals surface area contributed by atoms with Crippen molar-refractivity contribution in [3.63, 3.8) is 0 Å². The number of anilines is 1. The van der Waals surface area contributed by atoms with E-state index in [1.165, 1.54) is 0 Å². The van der Waals surface area contributed by atoms with Crippen molar-refractivity contribution in [2.75, 3.05) is 19.5 Å². The van der Waals surface area contributed by atoms with Crippen LogP contribution < -0.4 is 14.8 Å². The lowest BCUT2D eigenvalue weighted by Gasteiger charge is -2.18. The highest BCUT2D eigenvalue weighted by Gasteiger charge is 2.19. The number of methoxy groups -OCH3 is 2. The first-order valence-corrected chi connectivity index (χ1v) is 9.42. The molecule has 0 aliphatic heterocycles. The molecule has 1 atom stereocenters. The zero-order chi connectivity index (χ0) is 21.1. The SMILES string of the molecule is COc1ccc(OC)c([C@H](C)Nc2ncc(-c3cc(C)no3)c(-c3ccco3)n2)c1. The third kappa shape index (κ3) is 3.84. The first-order valence-electron chi connectivity index (χ1n) is 9.42. The molecule has 0 saturated heterocycles. The second-order valence-corrected chi connectivity index (χ2v) is 6.74. The first kappa shape index (κ1) is 19.5. The molecule has 1 aromatic carbocycles. The van der Waals surface area contributed by atoms with E-state index >= 15 is 0 Å². The molecule has 0 fully saturated rings. The predicted molar refractivity (Wildman–Crippen MR) is 112 cm³/mol. The summed E-state index contributed by atoms with van der Waals surface area (Å²) >= 11 is 0. The van der Waals surface area contributed by atoms with E-state index in [0.29, 0.717) is 28.7 Å². The van der Waals surface area contributed by atoms with Gasteiger partial charge in [0.05, 0.1) is 37.8 Å². The van der Waals surface area contributed by atoms with Gasteiger partial charge in [-0.05, 0) is 44.2 Å². The molecule has 0 unspecified atom stereocenters. The van der Waals surface area contributed by atoms with E-state index in [1.54, 1.807) is 26.7 Å². The highest BCUT2D eigenvalue weighted by atomic mass is 16.5. The Morgan fingerprint density at radius 1 is 1.07 bits per heavy atom. The number of ether oxygens (including phenoxy) is 2. The van der Waals surface area contributed by atoms with Gasteiger partial charge in [0.25, 0.3) is 0 Å². The van der Waals surface area contributed by atoms with Crippen LogP contribution in [0.25, 0.3) is 22.8 Å². The third-order valence-electron chi connectivity index (χ3n) is 4.69. The quantitative estimate of drug-likeness (QED) is 0.463. The van der Waals surface area contributed by atoms with Gasteiger partial charge in [0.15, 0.2) is 11.5 Å². The molecule has 4 rings (SSSR count). The maximum Gasteiger partial charge on any atom is 0.223 e. The summed E-state index contributed by atoms with van der Waals surface area (Å²) in [5.41, 5.74) is 3.01. The van der Waals surface area contributed by atoms with Crippen molar-refractivity contribution in [1.82, 2.24) is 15.1 Å². The van der Waals surface area contributed by atoms with E-state index < -0.39 is 0 Å². The average Bonchev–Trinajstić information content (AvgIpc) is 3.45. The molecule has 0 amide bonds. The summed E-state index contributed by atoms with van der Waals surface area (Å²) in [6, 6.07) is 11.0. The number of nitrogens with zero attached hydrogens (tertiary/aromatic N) is 3. The minimum Gasteiger partial charge on any atom is -0.497 e. The average molecular weight is 406 g/mol. The number of aryl methyl sites for hydroxylation is 1. The van der Waals surface area contributed by atoms with Crippen molar-refractivity contribution >= 4 is 5.95 Å². The molecule has 3 aromatic heterocycles. The number of aromatic nitrogens is 3. The Kier molecular flexibility index (Phi) is 5.38. The smallest absolute Gasteiger partial charge is 0.223 e. The first-order chi connectivity index (χ1) is 14.6. The van der Waals surface area contributed by atoms with Gasteiger partial charge in [-0.1, -0.05) is 5.16 Å². The van der Waals surface area contributed by atoms with Gasteiger partial charge in [0.2, 0.25) is 5.95 Å². The normalized spacial score (nSPS) is 11.9. The largest absolute Gasteiger partial charge is 0.497 e. The summed E-state index contributed by atoms with van der Waals surface area (Å²) < 4.78 is 21.8. The van der Waals surface area contributed by atoms with Crippen LogP contribution in [0.1, 0.15) is 24.2 Å². The molecular weight excluding hydrogens is 384 g/mol. The van der Waals surface area contributed by atoms with Gasteiger partial charge in [-0.25, -0.2) is 9.97 Å². The van der Waals surface area contributed by atoms with Crippen LogP contribution in [0.4, 0.5) is 5.95 Å². The molecule has 0 saturated carbocycles. The van der Waals surface area contributed by atoms with E-state index in [1.807, 2.05) is 50.2 Å². The number of benzene rings is 1. The van der Waals surface area contributed by atoms with Gasteiger partial charge in [-0.2, -0.15) is 0 Å². The Bertz CT molecular complexity index is 1140. The summed E-state index contributed by atoms with van der Waals surface area (Å²) in [5, 5.41) is 7.28. The third-order valence-corrected chi connectivity index (χ3v) is 4.69. The lowest BCUT2D eigenvalue weighted by Crippen LogP contribution is -2.11. The number of hydrogen-bond donors (Lipinski definition) is 1. The Morgan fingerprint density at radius 2 is 1.93 bits per heavy atom. The highest BCUT2D eigenvalue weighted by Crippen LogP contribution is 2.34.